The van der Waals surface area contributed by atoms with E-state index in [0.29, 0.717) is 25.2 Å². The molecule has 0 radical (unpaired) electrons. The lowest BCUT2D eigenvalue weighted by atomic mass is 9.51. The summed E-state index contributed by atoms with van der Waals surface area (Å²) in [6.07, 6.45) is -0.930. The molecular weight excluding hydrogens is 539 g/mol. The fourth-order valence-electron chi connectivity index (χ4n) is 7.14. The van der Waals surface area contributed by atoms with Gasteiger partial charge in [0.05, 0.1) is 24.9 Å². The lowest BCUT2D eigenvalue weighted by Crippen LogP contribution is -2.74. The molecule has 3 aliphatic heterocycles. The van der Waals surface area contributed by atoms with Gasteiger partial charge in [-0.25, -0.2) is 14.6 Å². The van der Waals surface area contributed by atoms with Crippen LogP contribution in [0.3, 0.4) is 0 Å². The Balaban J connectivity index is 1.41. The molecule has 2 aromatic rings. The van der Waals surface area contributed by atoms with Crippen LogP contribution in [0, 0.1) is 5.92 Å². The molecule has 1 aromatic heterocycles. The van der Waals surface area contributed by atoms with E-state index in [1.54, 1.807) is 18.2 Å². The fraction of sp³-hybridized carbons (Fsp3) is 0.500. The van der Waals surface area contributed by atoms with Gasteiger partial charge in [0.2, 0.25) is 0 Å². The van der Waals surface area contributed by atoms with Crippen LogP contribution >= 0.6 is 0 Å². The zero-order valence-electron chi connectivity index (χ0n) is 24.7. The van der Waals surface area contributed by atoms with Gasteiger partial charge in [-0.3, -0.25) is 14.5 Å². The molecule has 5 rings (SSSR count). The molecule has 224 valence electrons. The standard InChI is InChI=1S/C30H39BN4O7/c1-18(2)14-21(31-35(5)24(29(39)41-31)16-34(4)17-25(35)30(40)42-31)15-26(37)27(19(3)36)33-28(38)23-13-9-12-22(32-23)20-10-7-6-8-11-20/h6-13,18-19,21,24-25,27,36H,14-17H2,1-5H3,(H,33,38)/t19-,21-,24-,25+,27+,31?,35?/m1/s1. The third-order valence-electron chi connectivity index (χ3n) is 9.20. The normalized spacial score (nSPS) is 28.9. The number of carbonyl (C=O) groups excluding carboxylic acids is 4. The van der Waals surface area contributed by atoms with E-state index in [0.717, 1.165) is 5.56 Å². The van der Waals surface area contributed by atoms with Gasteiger partial charge in [0.1, 0.15) is 11.7 Å². The average molecular weight is 578 g/mol. The number of carbonyl (C=O) groups is 4. The summed E-state index contributed by atoms with van der Waals surface area (Å²) >= 11 is 0. The van der Waals surface area contributed by atoms with Gasteiger partial charge >= 0.3 is 18.6 Å². The summed E-state index contributed by atoms with van der Waals surface area (Å²) in [4.78, 5) is 59.9. The number of benzene rings is 1. The predicted molar refractivity (Wildman–Crippen MR) is 155 cm³/mol. The van der Waals surface area contributed by atoms with Crippen molar-refractivity contribution in [3.05, 3.63) is 54.2 Å². The van der Waals surface area contributed by atoms with Gasteiger partial charge in [0.25, 0.3) is 5.91 Å². The van der Waals surface area contributed by atoms with Crippen LogP contribution in [0.5, 0.6) is 0 Å². The van der Waals surface area contributed by atoms with E-state index in [9.17, 15) is 24.3 Å². The zero-order valence-corrected chi connectivity index (χ0v) is 24.7. The Morgan fingerprint density at radius 1 is 1.05 bits per heavy atom. The molecule has 11 nitrogen and oxygen atoms in total. The van der Waals surface area contributed by atoms with Crippen molar-refractivity contribution in [1.29, 1.82) is 0 Å². The second-order valence-corrected chi connectivity index (χ2v) is 12.6. The maximum atomic E-state index is 13.9. The first-order chi connectivity index (χ1) is 19.9. The molecule has 1 amide bonds. The number of rotatable bonds is 10. The van der Waals surface area contributed by atoms with Crippen molar-refractivity contribution < 1.29 is 38.0 Å². The average Bonchev–Trinajstić information content (AvgIpc) is 3.30. The smallest absolute Gasteiger partial charge is 0.587 e. The second kappa shape index (κ2) is 11.2. The Labute approximate surface area is 245 Å². The maximum Gasteiger partial charge on any atom is 0.587 e. The number of aliphatic hydroxyl groups excluding tert-OH is 1. The summed E-state index contributed by atoms with van der Waals surface area (Å²) in [7, 11) is 3.68. The lowest BCUT2D eigenvalue weighted by molar-refractivity contribution is -0.849. The van der Waals surface area contributed by atoms with Crippen LogP contribution in [0.4, 0.5) is 0 Å². The molecule has 0 bridgehead atoms. The Hall–Kier alpha value is -3.61. The van der Waals surface area contributed by atoms with E-state index in [1.807, 2.05) is 63.2 Å². The van der Waals surface area contributed by atoms with Crippen molar-refractivity contribution in [3.63, 3.8) is 0 Å². The van der Waals surface area contributed by atoms with Gasteiger partial charge in [-0.15, -0.1) is 0 Å². The van der Waals surface area contributed by atoms with Crippen LogP contribution in [0.15, 0.2) is 48.5 Å². The number of nitrogens with one attached hydrogen (secondary N) is 1. The highest BCUT2D eigenvalue weighted by Crippen LogP contribution is 2.52. The number of quaternary nitrogens is 1. The summed E-state index contributed by atoms with van der Waals surface area (Å²) in [5, 5.41) is 13.3. The van der Waals surface area contributed by atoms with Crippen LogP contribution in [-0.2, 0) is 23.7 Å². The molecule has 3 saturated heterocycles. The Kier molecular flexibility index (Phi) is 7.99. The van der Waals surface area contributed by atoms with Crippen molar-refractivity contribution in [2.75, 3.05) is 27.2 Å². The van der Waals surface area contributed by atoms with E-state index in [1.165, 1.54) is 6.92 Å². The number of ketones is 1. The number of Topliss-reactive ketones (excluding diaryl/α,β-unsaturated/α-hetero) is 1. The molecule has 0 spiro atoms. The van der Waals surface area contributed by atoms with Crippen molar-refractivity contribution in [2.24, 2.45) is 5.92 Å². The van der Waals surface area contributed by atoms with Crippen LogP contribution in [0.1, 0.15) is 44.1 Å². The number of hydrogen-bond acceptors (Lipinski definition) is 9. The minimum absolute atomic E-state index is 0.00538. The number of likely N-dealkylation sites (N-methyl/N-ethyl adjacent to an activating group) is 2. The summed E-state index contributed by atoms with van der Waals surface area (Å²) in [5.74, 6) is -2.47. The van der Waals surface area contributed by atoms with Gasteiger partial charge in [-0.05, 0) is 44.3 Å². The SMILES string of the molecule is CC(C)C[C@H](CC(=O)[C@@H](NC(=O)c1cccc(-c2ccccc2)n1)[C@@H](C)O)[B-]12OC(=O)[C@H]3CN(C)C[C@@H](C(=O)O1)[N+]32C. The lowest BCUT2D eigenvalue weighted by Gasteiger charge is -2.53. The number of hydrogen-bond donors (Lipinski definition) is 2. The fourth-order valence-corrected chi connectivity index (χ4v) is 7.14. The summed E-state index contributed by atoms with van der Waals surface area (Å²) < 4.78 is 12.1. The Bertz CT molecular complexity index is 1360. The molecule has 3 fully saturated rings. The third kappa shape index (κ3) is 5.01. The number of nitrogens with zero attached hydrogens (tertiary/aromatic N) is 3. The highest BCUT2D eigenvalue weighted by atomic mass is 16.7. The zero-order chi connectivity index (χ0) is 30.4. The van der Waals surface area contributed by atoms with E-state index < -0.39 is 60.4 Å². The van der Waals surface area contributed by atoms with E-state index in [-0.39, 0.29) is 22.4 Å². The van der Waals surface area contributed by atoms with E-state index in [4.69, 9.17) is 9.31 Å². The van der Waals surface area contributed by atoms with Crippen LogP contribution in [-0.4, -0.2) is 101 Å². The quantitative estimate of drug-likeness (QED) is 0.405. The predicted octanol–water partition coefficient (Wildman–Crippen LogP) is 1.79. The number of amides is 1. The molecule has 42 heavy (non-hydrogen) atoms. The van der Waals surface area contributed by atoms with Crippen molar-refractivity contribution in [2.45, 2.75) is 63.7 Å². The van der Waals surface area contributed by atoms with Crippen molar-refractivity contribution >= 4 is 30.3 Å². The molecule has 1 aromatic carbocycles. The van der Waals surface area contributed by atoms with Crippen molar-refractivity contribution in [3.8, 4) is 11.3 Å². The minimum atomic E-state index is -2.57. The first-order valence-electron chi connectivity index (χ1n) is 14.6. The van der Waals surface area contributed by atoms with Gasteiger partial charge in [0, 0.05) is 12.6 Å². The molecule has 2 N–H and O–H groups in total. The van der Waals surface area contributed by atoms with Crippen LogP contribution in [0.2, 0.25) is 5.82 Å². The van der Waals surface area contributed by atoms with Crippen LogP contribution < -0.4 is 5.32 Å². The maximum absolute atomic E-state index is 13.9. The largest absolute Gasteiger partial charge is 0.600 e. The summed E-state index contributed by atoms with van der Waals surface area (Å²) in [6.45, 7) is 3.65. The summed E-state index contributed by atoms with van der Waals surface area (Å²) in [6, 6.07) is 12.0. The first-order valence-corrected chi connectivity index (χ1v) is 14.6. The van der Waals surface area contributed by atoms with Crippen molar-refractivity contribution in [1.82, 2.24) is 15.2 Å². The minimum Gasteiger partial charge on any atom is -0.600 e. The summed E-state index contributed by atoms with van der Waals surface area (Å²) in [5.41, 5.74) is 1.54. The monoisotopic (exact) mass is 578 g/mol. The molecule has 7 atom stereocenters. The van der Waals surface area contributed by atoms with Gasteiger partial charge in [-0.2, -0.15) is 0 Å². The highest BCUT2D eigenvalue weighted by molar-refractivity contribution is 6.68. The number of piperazine rings is 1. The van der Waals surface area contributed by atoms with E-state index in [2.05, 4.69) is 10.3 Å². The number of aliphatic hydroxyl groups is 1. The molecule has 0 aliphatic carbocycles. The molecule has 4 heterocycles. The van der Waals surface area contributed by atoms with E-state index >= 15 is 0 Å². The van der Waals surface area contributed by atoms with Gasteiger partial charge in [0.15, 0.2) is 17.9 Å². The highest BCUT2D eigenvalue weighted by Gasteiger charge is 2.77. The van der Waals surface area contributed by atoms with Gasteiger partial charge < -0.3 is 24.1 Å². The Morgan fingerprint density at radius 3 is 2.24 bits per heavy atom. The number of pyridine rings is 1. The number of aromatic nitrogens is 1. The second-order valence-electron chi connectivity index (χ2n) is 12.6. The molecule has 3 aliphatic rings. The third-order valence-corrected chi connectivity index (χ3v) is 9.20. The molecular formula is C30H39BN4O7. The van der Waals surface area contributed by atoms with Crippen LogP contribution in [0.25, 0.3) is 11.3 Å². The molecule has 2 unspecified atom stereocenters. The first kappa shape index (κ1) is 29.9. The van der Waals surface area contributed by atoms with Gasteiger partial charge in [-0.1, -0.05) is 56.7 Å². The molecule has 0 saturated carbocycles. The Morgan fingerprint density at radius 2 is 1.67 bits per heavy atom. The molecule has 12 heteroatoms. The topological polar surface area (TPSA) is 135 Å².